The van der Waals surface area contributed by atoms with E-state index in [-0.39, 0.29) is 5.69 Å². The Bertz CT molecular complexity index is 423. The van der Waals surface area contributed by atoms with Crippen LogP contribution in [0, 0.1) is 10.1 Å². The number of hydrogen-bond donors (Lipinski definition) is 1. The second kappa shape index (κ2) is 5.91. The maximum Gasteiger partial charge on any atom is 0.273 e. The molecule has 1 aromatic carbocycles. The Morgan fingerprint density at radius 1 is 1.62 bits per heavy atom. The minimum atomic E-state index is -0.466. The van der Waals surface area contributed by atoms with Crippen LogP contribution in [0.4, 0.5) is 5.69 Å². The Morgan fingerprint density at radius 3 is 2.88 bits per heavy atom. The highest BCUT2D eigenvalue weighted by Gasteiger charge is 2.10. The van der Waals surface area contributed by atoms with E-state index < -0.39 is 4.92 Å². The molecular formula is C10H10BrNO3S. The number of thiol groups is 1. The molecule has 0 amide bonds. The SMILES string of the molecule is C=C(CS)COc1cc([N+](=O)[O-])ccc1Br. The molecular weight excluding hydrogens is 294 g/mol. The summed E-state index contributed by atoms with van der Waals surface area (Å²) in [5, 5.41) is 10.6. The normalized spacial score (nSPS) is 9.88. The van der Waals surface area contributed by atoms with Crippen molar-refractivity contribution in [1.29, 1.82) is 0 Å². The number of ether oxygens (including phenoxy) is 1. The van der Waals surface area contributed by atoms with Crippen molar-refractivity contribution in [3.8, 4) is 5.75 Å². The Hall–Kier alpha value is -1.01. The fourth-order valence-electron chi connectivity index (χ4n) is 0.942. The molecule has 0 aromatic heterocycles. The van der Waals surface area contributed by atoms with Gasteiger partial charge in [0.1, 0.15) is 12.4 Å². The summed E-state index contributed by atoms with van der Waals surface area (Å²) in [4.78, 5) is 10.1. The summed E-state index contributed by atoms with van der Waals surface area (Å²) in [5.41, 5.74) is 0.802. The zero-order chi connectivity index (χ0) is 12.1. The molecule has 0 bridgehead atoms. The largest absolute Gasteiger partial charge is 0.488 e. The highest BCUT2D eigenvalue weighted by atomic mass is 79.9. The second-order valence-electron chi connectivity index (χ2n) is 3.07. The number of benzene rings is 1. The molecule has 0 N–H and O–H groups in total. The van der Waals surface area contributed by atoms with Gasteiger partial charge in [0.2, 0.25) is 0 Å². The Labute approximate surface area is 107 Å². The van der Waals surface area contributed by atoms with Crippen LogP contribution in [0.25, 0.3) is 0 Å². The Kier molecular flexibility index (Phi) is 4.82. The predicted octanol–water partition coefficient (Wildman–Crippen LogP) is 3.22. The summed E-state index contributed by atoms with van der Waals surface area (Å²) in [6, 6.07) is 4.36. The monoisotopic (exact) mass is 303 g/mol. The lowest BCUT2D eigenvalue weighted by Crippen LogP contribution is -2.02. The van der Waals surface area contributed by atoms with Crippen LogP contribution in [0.5, 0.6) is 5.75 Å². The molecule has 0 saturated heterocycles. The zero-order valence-electron chi connectivity index (χ0n) is 8.35. The lowest BCUT2D eigenvalue weighted by Gasteiger charge is -2.08. The number of nitro groups is 1. The van der Waals surface area contributed by atoms with Crippen LogP contribution in [0.1, 0.15) is 0 Å². The third-order valence-corrected chi connectivity index (χ3v) is 2.88. The first-order valence-electron chi connectivity index (χ1n) is 4.39. The fourth-order valence-corrected chi connectivity index (χ4v) is 1.39. The van der Waals surface area contributed by atoms with Crippen LogP contribution < -0.4 is 4.74 Å². The van der Waals surface area contributed by atoms with E-state index in [1.165, 1.54) is 12.1 Å². The van der Waals surface area contributed by atoms with Gasteiger partial charge in [0, 0.05) is 11.8 Å². The Morgan fingerprint density at radius 2 is 2.31 bits per heavy atom. The van der Waals surface area contributed by atoms with Crippen molar-refractivity contribution >= 4 is 34.2 Å². The van der Waals surface area contributed by atoms with Crippen LogP contribution in [0.2, 0.25) is 0 Å². The van der Waals surface area contributed by atoms with E-state index in [2.05, 4.69) is 35.1 Å². The smallest absolute Gasteiger partial charge is 0.273 e. The third-order valence-electron chi connectivity index (χ3n) is 1.78. The summed E-state index contributed by atoms with van der Waals surface area (Å²) in [5.74, 6) is 0.948. The van der Waals surface area contributed by atoms with Crippen molar-refractivity contribution in [2.45, 2.75) is 0 Å². The standard InChI is InChI=1S/C10H10BrNO3S/c1-7(6-16)5-15-10-4-8(12(13)14)2-3-9(10)11/h2-4,16H,1,5-6H2. The van der Waals surface area contributed by atoms with Crippen molar-refractivity contribution in [3.05, 3.63) is 44.9 Å². The average molecular weight is 304 g/mol. The summed E-state index contributed by atoms with van der Waals surface area (Å²) in [6.45, 7) is 4.02. The molecule has 0 atom stereocenters. The zero-order valence-corrected chi connectivity index (χ0v) is 10.8. The first-order valence-corrected chi connectivity index (χ1v) is 5.81. The first kappa shape index (κ1) is 13.1. The van der Waals surface area contributed by atoms with Crippen molar-refractivity contribution in [1.82, 2.24) is 0 Å². The number of hydrogen-bond acceptors (Lipinski definition) is 4. The molecule has 0 aliphatic rings. The van der Waals surface area contributed by atoms with Crippen LogP contribution in [0.15, 0.2) is 34.8 Å². The van der Waals surface area contributed by atoms with Gasteiger partial charge in [0.25, 0.3) is 5.69 Å². The molecule has 0 radical (unpaired) electrons. The van der Waals surface area contributed by atoms with Crippen LogP contribution in [0.3, 0.4) is 0 Å². The first-order chi connectivity index (χ1) is 7.54. The molecule has 0 aliphatic carbocycles. The lowest BCUT2D eigenvalue weighted by atomic mass is 10.3. The van der Waals surface area contributed by atoms with Gasteiger partial charge in [-0.3, -0.25) is 10.1 Å². The van der Waals surface area contributed by atoms with Crippen LogP contribution in [-0.4, -0.2) is 17.3 Å². The van der Waals surface area contributed by atoms with Gasteiger partial charge in [-0.05, 0) is 27.6 Å². The predicted molar refractivity (Wildman–Crippen MR) is 69.3 cm³/mol. The number of nitrogens with zero attached hydrogens (tertiary/aromatic N) is 1. The topological polar surface area (TPSA) is 52.4 Å². The maximum absolute atomic E-state index is 10.6. The molecule has 1 rings (SSSR count). The summed E-state index contributed by atoms with van der Waals surface area (Å²) in [7, 11) is 0. The summed E-state index contributed by atoms with van der Waals surface area (Å²) in [6.07, 6.45) is 0. The molecule has 0 unspecified atom stereocenters. The number of non-ortho nitro benzene ring substituents is 1. The molecule has 0 aliphatic heterocycles. The average Bonchev–Trinajstić information content (AvgIpc) is 2.27. The summed E-state index contributed by atoms with van der Waals surface area (Å²) >= 11 is 7.30. The van der Waals surface area contributed by atoms with E-state index in [4.69, 9.17) is 4.74 Å². The van der Waals surface area contributed by atoms with E-state index in [9.17, 15) is 10.1 Å². The molecule has 6 heteroatoms. The van der Waals surface area contributed by atoms with Gasteiger partial charge in [-0.2, -0.15) is 12.6 Å². The summed E-state index contributed by atoms with van der Waals surface area (Å²) < 4.78 is 6.05. The quantitative estimate of drug-likeness (QED) is 0.393. The van der Waals surface area contributed by atoms with E-state index in [1.54, 1.807) is 6.07 Å². The van der Waals surface area contributed by atoms with Gasteiger partial charge in [-0.1, -0.05) is 6.58 Å². The van der Waals surface area contributed by atoms with Gasteiger partial charge >= 0.3 is 0 Å². The highest BCUT2D eigenvalue weighted by molar-refractivity contribution is 9.10. The van der Waals surface area contributed by atoms with Crippen molar-refractivity contribution in [3.63, 3.8) is 0 Å². The van der Waals surface area contributed by atoms with Gasteiger partial charge in [0.05, 0.1) is 15.5 Å². The number of rotatable bonds is 5. The van der Waals surface area contributed by atoms with E-state index >= 15 is 0 Å². The molecule has 0 fully saturated rings. The fraction of sp³-hybridized carbons (Fsp3) is 0.200. The molecule has 1 aromatic rings. The molecule has 86 valence electrons. The van der Waals surface area contributed by atoms with Gasteiger partial charge < -0.3 is 4.74 Å². The highest BCUT2D eigenvalue weighted by Crippen LogP contribution is 2.29. The van der Waals surface area contributed by atoms with Gasteiger partial charge in [0.15, 0.2) is 0 Å². The Balaban J connectivity index is 2.82. The molecule has 0 heterocycles. The number of nitro benzene ring substituents is 1. The van der Waals surface area contributed by atoms with Crippen LogP contribution in [-0.2, 0) is 0 Å². The molecule has 4 nitrogen and oxygen atoms in total. The van der Waals surface area contributed by atoms with E-state index in [0.29, 0.717) is 22.6 Å². The van der Waals surface area contributed by atoms with Crippen LogP contribution >= 0.6 is 28.6 Å². The van der Waals surface area contributed by atoms with E-state index in [0.717, 1.165) is 5.57 Å². The van der Waals surface area contributed by atoms with Crippen molar-refractivity contribution < 1.29 is 9.66 Å². The minimum Gasteiger partial charge on any atom is -0.488 e. The molecule has 16 heavy (non-hydrogen) atoms. The van der Waals surface area contributed by atoms with Gasteiger partial charge in [-0.25, -0.2) is 0 Å². The molecule has 0 spiro atoms. The van der Waals surface area contributed by atoms with Crippen molar-refractivity contribution in [2.24, 2.45) is 0 Å². The third kappa shape index (κ3) is 3.53. The lowest BCUT2D eigenvalue weighted by molar-refractivity contribution is -0.384. The van der Waals surface area contributed by atoms with E-state index in [1.807, 2.05) is 0 Å². The maximum atomic E-state index is 10.6. The van der Waals surface area contributed by atoms with Crippen molar-refractivity contribution in [2.75, 3.05) is 12.4 Å². The van der Waals surface area contributed by atoms with Gasteiger partial charge in [-0.15, -0.1) is 0 Å². The molecule has 0 saturated carbocycles. The number of halogens is 1. The minimum absolute atomic E-state index is 0.00492. The second-order valence-corrected chi connectivity index (χ2v) is 4.24.